The molecule has 3 aromatic rings. The summed E-state index contributed by atoms with van der Waals surface area (Å²) in [5.74, 6) is -14.6. The molecule has 0 saturated heterocycles. The Hall–Kier alpha value is -3.49. The van der Waals surface area contributed by atoms with Crippen LogP contribution in [0.5, 0.6) is 0 Å². The summed E-state index contributed by atoms with van der Waals surface area (Å²) in [7, 11) is -2.97. The van der Waals surface area contributed by atoms with Crippen LogP contribution >= 0.6 is 11.8 Å². The molecule has 0 heterocycles. The smallest absolute Gasteiger partial charge is 0.333 e. The molecule has 0 radical (unpaired) electrons. The monoisotopic (exact) mass is 603 g/mol. The van der Waals surface area contributed by atoms with Crippen LogP contribution in [0.15, 0.2) is 64.4 Å². The Kier molecular flexibility index (Phi) is 9.59. The fourth-order valence-corrected chi connectivity index (χ4v) is 6.27. The van der Waals surface area contributed by atoms with Crippen molar-refractivity contribution in [2.45, 2.75) is 33.9 Å². The number of benzene rings is 3. The summed E-state index contributed by atoms with van der Waals surface area (Å²) in [5.41, 5.74) is -0.956. The van der Waals surface area contributed by atoms with Gasteiger partial charge in [0.2, 0.25) is 20.6 Å². The van der Waals surface area contributed by atoms with Crippen LogP contribution in [0.2, 0.25) is 0 Å². The first-order valence-electron chi connectivity index (χ1n) is 11.3. The second-order valence-corrected chi connectivity index (χ2v) is 11.5. The van der Waals surface area contributed by atoms with Crippen molar-refractivity contribution in [3.05, 3.63) is 94.8 Å². The molecule has 1 N–H and O–H groups in total. The molecule has 40 heavy (non-hydrogen) atoms. The first-order chi connectivity index (χ1) is 18.8. The number of nitrogens with one attached hydrogen (secondary N) is 1. The average molecular weight is 604 g/mol. The molecule has 0 aliphatic carbocycles. The van der Waals surface area contributed by atoms with E-state index in [4.69, 9.17) is 9.47 Å². The fraction of sp³-hybridized carbons (Fsp3) is 0.231. The molecular weight excluding hydrogens is 581 g/mol. The van der Waals surface area contributed by atoms with Gasteiger partial charge in [-0.2, -0.15) is 0 Å². The number of carbonyl (C=O) groups is 2. The molecule has 7 nitrogen and oxygen atoms in total. The highest BCUT2D eigenvalue weighted by Gasteiger charge is 2.53. The number of aryl methyl sites for hydroxylation is 1. The van der Waals surface area contributed by atoms with Gasteiger partial charge in [0.25, 0.3) is 0 Å². The molecule has 1 unspecified atom stereocenters. The third-order valence-corrected chi connectivity index (χ3v) is 8.62. The minimum absolute atomic E-state index is 0.232. The highest BCUT2D eigenvalue weighted by atomic mass is 32.2. The first-order valence-corrected chi connectivity index (χ1v) is 13.6. The number of carbonyl (C=O) groups excluding carboxylic acids is 2. The number of hydrogen-bond acceptors (Lipinski definition) is 7. The minimum atomic E-state index is -4.74. The quantitative estimate of drug-likeness (QED) is 0.0872. The van der Waals surface area contributed by atoms with Crippen LogP contribution < -0.4 is 4.72 Å². The fourth-order valence-electron chi connectivity index (χ4n) is 3.79. The van der Waals surface area contributed by atoms with Crippen molar-refractivity contribution in [1.82, 2.24) is 4.72 Å². The van der Waals surface area contributed by atoms with E-state index in [-0.39, 0.29) is 4.90 Å². The Balaban J connectivity index is 2.30. The van der Waals surface area contributed by atoms with E-state index in [9.17, 15) is 31.2 Å². The maximum absolute atomic E-state index is 15.1. The Morgan fingerprint density at radius 1 is 0.825 bits per heavy atom. The highest BCUT2D eigenvalue weighted by molar-refractivity contribution is 8.02. The van der Waals surface area contributed by atoms with Crippen LogP contribution in [0.4, 0.5) is 22.0 Å². The molecule has 3 aromatic carbocycles. The number of thioether (sulfide) groups is 1. The molecule has 214 valence electrons. The third-order valence-electron chi connectivity index (χ3n) is 5.78. The number of esters is 2. The van der Waals surface area contributed by atoms with E-state index in [1.165, 1.54) is 36.4 Å². The molecule has 0 spiro atoms. The first kappa shape index (κ1) is 31.0. The second-order valence-electron chi connectivity index (χ2n) is 8.40. The van der Waals surface area contributed by atoms with Crippen molar-refractivity contribution >= 4 is 33.7 Å². The number of hydrogen-bond donors (Lipinski definition) is 1. The van der Waals surface area contributed by atoms with Gasteiger partial charge < -0.3 is 9.47 Å². The molecule has 14 heteroatoms. The van der Waals surface area contributed by atoms with Crippen molar-refractivity contribution in [3.8, 4) is 0 Å². The zero-order valence-electron chi connectivity index (χ0n) is 21.1. The van der Waals surface area contributed by atoms with Gasteiger partial charge in [0, 0.05) is 16.9 Å². The van der Waals surface area contributed by atoms with Gasteiger partial charge in [-0.3, -0.25) is 0 Å². The Bertz CT molecular complexity index is 1470. The third kappa shape index (κ3) is 6.13. The van der Waals surface area contributed by atoms with Crippen LogP contribution in [0.1, 0.15) is 23.6 Å². The van der Waals surface area contributed by atoms with Crippen LogP contribution in [-0.2, 0) is 29.1 Å². The summed E-state index contributed by atoms with van der Waals surface area (Å²) in [6.45, 7) is 1.66. The van der Waals surface area contributed by atoms with Crippen LogP contribution in [-0.4, -0.2) is 39.3 Å². The molecule has 0 bridgehead atoms. The average Bonchev–Trinajstić information content (AvgIpc) is 2.94. The number of ether oxygens (including phenoxy) is 2. The summed E-state index contributed by atoms with van der Waals surface area (Å²) >= 11 is 0.481. The lowest BCUT2D eigenvalue weighted by Gasteiger charge is -2.32. The van der Waals surface area contributed by atoms with Gasteiger partial charge in [-0.15, -0.1) is 0 Å². The SMILES string of the molecule is COC(=O)C(CC(NS(=O)(=O)c1ccc(C)cc1)c1c(F)c(F)c(F)c(F)c1F)(Sc1ccccc1)C(=O)OC. The maximum atomic E-state index is 15.1. The lowest BCUT2D eigenvalue weighted by molar-refractivity contribution is -0.156. The van der Waals surface area contributed by atoms with Crippen LogP contribution in [0.3, 0.4) is 0 Å². The molecule has 0 fully saturated rings. The molecule has 0 aliphatic rings. The van der Waals surface area contributed by atoms with Crippen molar-refractivity contribution in [1.29, 1.82) is 0 Å². The highest BCUT2D eigenvalue weighted by Crippen LogP contribution is 2.43. The van der Waals surface area contributed by atoms with Crippen molar-refractivity contribution in [2.75, 3.05) is 14.2 Å². The lowest BCUT2D eigenvalue weighted by Crippen LogP contribution is -2.48. The van der Waals surface area contributed by atoms with Crippen molar-refractivity contribution in [2.24, 2.45) is 0 Å². The second kappa shape index (κ2) is 12.4. The van der Waals surface area contributed by atoms with E-state index >= 15 is 8.78 Å². The van der Waals surface area contributed by atoms with E-state index < -0.39 is 78.7 Å². The molecular formula is C26H22F5NO6S2. The van der Waals surface area contributed by atoms with Gasteiger partial charge in [-0.05, 0) is 31.2 Å². The van der Waals surface area contributed by atoms with Gasteiger partial charge in [-0.25, -0.2) is 44.7 Å². The van der Waals surface area contributed by atoms with Gasteiger partial charge in [0.15, 0.2) is 23.3 Å². The maximum Gasteiger partial charge on any atom is 0.333 e. The summed E-state index contributed by atoms with van der Waals surface area (Å²) < 4.78 is 108. The number of halogens is 5. The molecule has 0 saturated carbocycles. The van der Waals surface area contributed by atoms with Gasteiger partial charge in [-0.1, -0.05) is 47.7 Å². The number of rotatable bonds is 10. The van der Waals surface area contributed by atoms with Gasteiger partial charge >= 0.3 is 11.9 Å². The topological polar surface area (TPSA) is 98.8 Å². The van der Waals surface area contributed by atoms with Crippen LogP contribution in [0, 0.1) is 36.0 Å². The molecule has 0 aromatic heterocycles. The Labute approximate surface area is 230 Å². The Morgan fingerprint density at radius 3 is 1.77 bits per heavy atom. The minimum Gasteiger partial charge on any atom is -0.468 e. The number of methoxy groups -OCH3 is 2. The van der Waals surface area contributed by atoms with Gasteiger partial charge in [0.1, 0.15) is 0 Å². The summed E-state index contributed by atoms with van der Waals surface area (Å²) in [5, 5.41) is 0. The predicted octanol–water partition coefficient (Wildman–Crippen LogP) is 4.98. The zero-order valence-corrected chi connectivity index (χ0v) is 22.8. The van der Waals surface area contributed by atoms with E-state index in [0.717, 1.165) is 26.4 Å². The van der Waals surface area contributed by atoms with Crippen LogP contribution in [0.25, 0.3) is 0 Å². The number of sulfonamides is 1. The summed E-state index contributed by atoms with van der Waals surface area (Å²) in [6.07, 6.45) is -1.19. The lowest BCUT2D eigenvalue weighted by atomic mass is 9.93. The molecule has 0 aliphatic heterocycles. The Morgan fingerprint density at radius 2 is 1.30 bits per heavy atom. The summed E-state index contributed by atoms with van der Waals surface area (Å²) in [4.78, 5) is 26.0. The van der Waals surface area contributed by atoms with E-state index in [1.807, 2.05) is 4.72 Å². The predicted molar refractivity (Wildman–Crippen MR) is 134 cm³/mol. The standard InChI is InChI=1S/C26H22F5NO6S2/c1-14-9-11-16(12-10-14)40(35,36)32-17(18-19(27)21(29)23(31)22(30)20(18)28)13-26(24(33)37-2,25(34)38-3)39-15-7-5-4-6-8-15/h4-12,17,32H,13H2,1-3H3. The zero-order chi connectivity index (χ0) is 29.8. The summed E-state index contributed by atoms with van der Waals surface area (Å²) in [6, 6.07) is 10.3. The molecule has 3 rings (SSSR count). The largest absolute Gasteiger partial charge is 0.468 e. The van der Waals surface area contributed by atoms with Gasteiger partial charge in [0.05, 0.1) is 25.2 Å². The molecule has 0 amide bonds. The van der Waals surface area contributed by atoms with E-state index in [1.54, 1.807) is 13.0 Å². The van der Waals surface area contributed by atoms with Crippen molar-refractivity contribution < 1.29 is 49.4 Å². The van der Waals surface area contributed by atoms with E-state index in [2.05, 4.69) is 0 Å². The normalized spacial score (nSPS) is 12.6. The molecule has 1 atom stereocenters. The van der Waals surface area contributed by atoms with E-state index in [0.29, 0.717) is 17.3 Å². The van der Waals surface area contributed by atoms with Crippen molar-refractivity contribution in [3.63, 3.8) is 0 Å².